The summed E-state index contributed by atoms with van der Waals surface area (Å²) in [5.41, 5.74) is -1.11. The van der Waals surface area contributed by atoms with Crippen LogP contribution >= 0.6 is 15.9 Å². The van der Waals surface area contributed by atoms with Gasteiger partial charge in [-0.3, -0.25) is 0 Å². The molecule has 0 spiro atoms. The van der Waals surface area contributed by atoms with Crippen molar-refractivity contribution in [3.8, 4) is 0 Å². The Bertz CT molecular complexity index is 457. The van der Waals surface area contributed by atoms with Gasteiger partial charge in [0.15, 0.2) is 0 Å². The standard InChI is InChI=1S/C13H16BrF2NO/c1-8-5-13(18,7-17(8)2)6-9-11(15)4-3-10(14)12(9)16/h3-4,8,18H,5-7H2,1-2H3. The molecular weight excluding hydrogens is 304 g/mol. The average Bonchev–Trinajstić information content (AvgIpc) is 2.54. The van der Waals surface area contributed by atoms with Gasteiger partial charge in [0.1, 0.15) is 11.6 Å². The molecule has 1 aromatic carbocycles. The summed E-state index contributed by atoms with van der Waals surface area (Å²) in [7, 11) is 1.90. The van der Waals surface area contributed by atoms with Gasteiger partial charge in [0, 0.05) is 24.6 Å². The van der Waals surface area contributed by atoms with E-state index in [-0.39, 0.29) is 22.5 Å². The molecule has 1 heterocycles. The van der Waals surface area contributed by atoms with Crippen LogP contribution in [0.3, 0.4) is 0 Å². The lowest BCUT2D eigenvalue weighted by Crippen LogP contribution is -2.35. The number of β-amino-alcohol motifs (C(OH)–C–C–N with tert-alkyl or cyclic N) is 1. The van der Waals surface area contributed by atoms with Crippen LogP contribution in [0.15, 0.2) is 16.6 Å². The van der Waals surface area contributed by atoms with Crippen LogP contribution in [0.4, 0.5) is 8.78 Å². The van der Waals surface area contributed by atoms with Crippen LogP contribution in [-0.4, -0.2) is 35.2 Å². The molecule has 1 N–H and O–H groups in total. The molecule has 1 saturated heterocycles. The second-order valence-corrected chi connectivity index (χ2v) is 6.05. The van der Waals surface area contributed by atoms with E-state index in [1.807, 2.05) is 18.9 Å². The Morgan fingerprint density at radius 1 is 1.50 bits per heavy atom. The highest BCUT2D eigenvalue weighted by molar-refractivity contribution is 9.10. The molecule has 0 aromatic heterocycles. The summed E-state index contributed by atoms with van der Waals surface area (Å²) >= 11 is 3.04. The van der Waals surface area contributed by atoms with Gasteiger partial charge in [0.05, 0.1) is 10.1 Å². The van der Waals surface area contributed by atoms with Gasteiger partial charge < -0.3 is 10.0 Å². The van der Waals surface area contributed by atoms with Crippen LogP contribution < -0.4 is 0 Å². The molecule has 5 heteroatoms. The molecule has 2 unspecified atom stereocenters. The quantitative estimate of drug-likeness (QED) is 0.847. The molecule has 2 rings (SSSR count). The van der Waals surface area contributed by atoms with Crippen LogP contribution in [0, 0.1) is 11.6 Å². The van der Waals surface area contributed by atoms with Crippen molar-refractivity contribution in [2.75, 3.05) is 13.6 Å². The predicted molar refractivity (Wildman–Crippen MR) is 69.4 cm³/mol. The summed E-state index contributed by atoms with van der Waals surface area (Å²) in [5, 5.41) is 10.4. The lowest BCUT2D eigenvalue weighted by atomic mass is 9.91. The number of nitrogens with zero attached hydrogens (tertiary/aromatic N) is 1. The highest BCUT2D eigenvalue weighted by Crippen LogP contribution is 2.32. The van der Waals surface area contributed by atoms with Gasteiger partial charge in [-0.25, -0.2) is 8.78 Å². The molecule has 1 aliphatic heterocycles. The largest absolute Gasteiger partial charge is 0.388 e. The molecule has 0 saturated carbocycles. The molecule has 1 aromatic rings. The first-order chi connectivity index (χ1) is 8.32. The fraction of sp³-hybridized carbons (Fsp3) is 0.538. The van der Waals surface area contributed by atoms with E-state index in [2.05, 4.69) is 15.9 Å². The fourth-order valence-corrected chi connectivity index (χ4v) is 2.95. The Kier molecular flexibility index (Phi) is 3.76. The summed E-state index contributed by atoms with van der Waals surface area (Å²) in [4.78, 5) is 1.99. The first kappa shape index (κ1) is 13.9. The number of aliphatic hydroxyl groups is 1. The zero-order chi connectivity index (χ0) is 13.5. The van der Waals surface area contributed by atoms with Crippen LogP contribution in [0.1, 0.15) is 18.9 Å². The van der Waals surface area contributed by atoms with Crippen molar-refractivity contribution in [1.29, 1.82) is 0 Å². The van der Waals surface area contributed by atoms with E-state index in [0.717, 1.165) is 0 Å². The monoisotopic (exact) mass is 319 g/mol. The maximum atomic E-state index is 13.9. The smallest absolute Gasteiger partial charge is 0.143 e. The topological polar surface area (TPSA) is 23.5 Å². The third-order valence-electron chi connectivity index (χ3n) is 3.62. The molecular formula is C13H16BrF2NO. The van der Waals surface area contributed by atoms with Crippen molar-refractivity contribution in [1.82, 2.24) is 4.90 Å². The van der Waals surface area contributed by atoms with Crippen molar-refractivity contribution in [2.45, 2.75) is 31.4 Å². The van der Waals surface area contributed by atoms with E-state index in [4.69, 9.17) is 0 Å². The number of rotatable bonds is 2. The molecule has 0 bridgehead atoms. The number of likely N-dealkylation sites (tertiary alicyclic amines) is 1. The van der Waals surface area contributed by atoms with Gasteiger partial charge in [-0.15, -0.1) is 0 Å². The molecule has 100 valence electrons. The number of benzene rings is 1. The molecule has 1 aliphatic rings. The Labute approximate surface area is 114 Å². The van der Waals surface area contributed by atoms with Crippen molar-refractivity contribution in [3.63, 3.8) is 0 Å². The van der Waals surface area contributed by atoms with Crippen molar-refractivity contribution >= 4 is 15.9 Å². The molecule has 2 atom stereocenters. The van der Waals surface area contributed by atoms with Gasteiger partial charge in [-0.2, -0.15) is 0 Å². The van der Waals surface area contributed by atoms with E-state index in [1.165, 1.54) is 12.1 Å². The fourth-order valence-electron chi connectivity index (χ4n) is 2.58. The van der Waals surface area contributed by atoms with E-state index in [1.54, 1.807) is 0 Å². The molecule has 0 amide bonds. The summed E-state index contributed by atoms with van der Waals surface area (Å²) < 4.78 is 27.8. The van der Waals surface area contributed by atoms with Gasteiger partial charge in [-0.1, -0.05) is 0 Å². The maximum absolute atomic E-state index is 13.9. The third-order valence-corrected chi connectivity index (χ3v) is 4.23. The Balaban J connectivity index is 2.27. The number of halogens is 3. The Hall–Kier alpha value is -0.520. The van der Waals surface area contributed by atoms with Crippen molar-refractivity contribution in [3.05, 3.63) is 33.8 Å². The molecule has 1 fully saturated rings. The van der Waals surface area contributed by atoms with Crippen LogP contribution in [0.5, 0.6) is 0 Å². The van der Waals surface area contributed by atoms with E-state index >= 15 is 0 Å². The van der Waals surface area contributed by atoms with Crippen LogP contribution in [0.2, 0.25) is 0 Å². The highest BCUT2D eigenvalue weighted by Gasteiger charge is 2.40. The number of hydrogen-bond acceptors (Lipinski definition) is 2. The van der Waals surface area contributed by atoms with Crippen molar-refractivity contribution in [2.24, 2.45) is 0 Å². The Morgan fingerprint density at radius 2 is 2.17 bits per heavy atom. The summed E-state index contributed by atoms with van der Waals surface area (Å²) in [6, 6.07) is 2.77. The first-order valence-corrected chi connectivity index (χ1v) is 6.67. The number of likely N-dealkylation sites (N-methyl/N-ethyl adjacent to an activating group) is 1. The zero-order valence-corrected chi connectivity index (χ0v) is 12.0. The van der Waals surface area contributed by atoms with E-state index in [9.17, 15) is 13.9 Å². The number of hydrogen-bond donors (Lipinski definition) is 1. The highest BCUT2D eigenvalue weighted by atomic mass is 79.9. The molecule has 2 nitrogen and oxygen atoms in total. The Morgan fingerprint density at radius 3 is 2.72 bits per heavy atom. The maximum Gasteiger partial charge on any atom is 0.143 e. The predicted octanol–water partition coefficient (Wildman–Crippen LogP) is 2.72. The minimum absolute atomic E-state index is 0.00120. The van der Waals surface area contributed by atoms with E-state index < -0.39 is 17.2 Å². The lowest BCUT2D eigenvalue weighted by molar-refractivity contribution is 0.0502. The van der Waals surface area contributed by atoms with E-state index in [0.29, 0.717) is 13.0 Å². The van der Waals surface area contributed by atoms with Gasteiger partial charge in [0.2, 0.25) is 0 Å². The van der Waals surface area contributed by atoms with Crippen molar-refractivity contribution < 1.29 is 13.9 Å². The van der Waals surface area contributed by atoms with Gasteiger partial charge in [-0.05, 0) is 48.5 Å². The summed E-state index contributed by atoms with van der Waals surface area (Å²) in [5.74, 6) is -1.23. The first-order valence-electron chi connectivity index (χ1n) is 5.87. The van der Waals surface area contributed by atoms with Gasteiger partial charge in [0.25, 0.3) is 0 Å². The normalized spacial score (nSPS) is 28.9. The minimum atomic E-state index is -1.06. The summed E-state index contributed by atoms with van der Waals surface area (Å²) in [6.45, 7) is 2.42. The second kappa shape index (κ2) is 4.87. The van der Waals surface area contributed by atoms with Crippen LogP contribution in [-0.2, 0) is 6.42 Å². The zero-order valence-electron chi connectivity index (χ0n) is 10.4. The molecule has 0 radical (unpaired) electrons. The molecule has 18 heavy (non-hydrogen) atoms. The van der Waals surface area contributed by atoms with Crippen LogP contribution in [0.25, 0.3) is 0 Å². The minimum Gasteiger partial charge on any atom is -0.388 e. The summed E-state index contributed by atoms with van der Waals surface area (Å²) in [6.07, 6.45) is 0.522. The molecule has 0 aliphatic carbocycles. The third kappa shape index (κ3) is 2.58. The van der Waals surface area contributed by atoms with Gasteiger partial charge >= 0.3 is 0 Å². The second-order valence-electron chi connectivity index (χ2n) is 5.19. The lowest BCUT2D eigenvalue weighted by Gasteiger charge is -2.23. The average molecular weight is 320 g/mol. The SMILES string of the molecule is CC1CC(O)(Cc2c(F)ccc(Br)c2F)CN1C.